The Kier molecular flexibility index (Phi) is 5.76. The Hall–Kier alpha value is -2.46. The molecule has 3 aromatic rings. The number of aromatic nitrogens is 4. The number of hydrogen-bond donors (Lipinski definition) is 1. The number of nitrogens with zero attached hydrogens (tertiary/aromatic N) is 5. The van der Waals surface area contributed by atoms with Gasteiger partial charge in [-0.05, 0) is 36.2 Å². The molecule has 8 nitrogen and oxygen atoms in total. The van der Waals surface area contributed by atoms with Gasteiger partial charge in [-0.15, -0.1) is 5.10 Å². The van der Waals surface area contributed by atoms with Gasteiger partial charge in [-0.25, -0.2) is 9.50 Å². The van der Waals surface area contributed by atoms with E-state index in [0.29, 0.717) is 34.4 Å². The van der Waals surface area contributed by atoms with Gasteiger partial charge in [-0.1, -0.05) is 11.8 Å². The number of fused-ring (bicyclic) bond motifs is 1. The Morgan fingerprint density at radius 1 is 1.33 bits per heavy atom. The Morgan fingerprint density at radius 2 is 2.11 bits per heavy atom. The van der Waals surface area contributed by atoms with Crippen LogP contribution in [-0.4, -0.2) is 54.3 Å². The van der Waals surface area contributed by atoms with E-state index >= 15 is 0 Å². The van der Waals surface area contributed by atoms with Gasteiger partial charge in [0.05, 0.1) is 12.2 Å². The zero-order valence-electron chi connectivity index (χ0n) is 15.2. The highest BCUT2D eigenvalue weighted by atomic mass is 32.2. The van der Waals surface area contributed by atoms with E-state index in [1.165, 1.54) is 16.3 Å². The van der Waals surface area contributed by atoms with Crippen LogP contribution in [0.4, 0.5) is 0 Å². The van der Waals surface area contributed by atoms with Crippen LogP contribution in [0, 0.1) is 13.8 Å². The van der Waals surface area contributed by atoms with E-state index in [1.807, 2.05) is 16.8 Å². The second kappa shape index (κ2) is 8.05. The number of carbonyl (C=O) groups is 2. The van der Waals surface area contributed by atoms with Crippen molar-refractivity contribution in [2.24, 2.45) is 0 Å². The largest absolute Gasteiger partial charge is 0.481 e. The van der Waals surface area contributed by atoms with Crippen molar-refractivity contribution in [1.29, 1.82) is 0 Å². The van der Waals surface area contributed by atoms with Crippen molar-refractivity contribution >= 4 is 40.8 Å². The molecule has 0 saturated carbocycles. The van der Waals surface area contributed by atoms with Crippen LogP contribution < -0.4 is 0 Å². The first-order chi connectivity index (χ1) is 12.8. The molecule has 0 aromatic carbocycles. The van der Waals surface area contributed by atoms with E-state index in [4.69, 9.17) is 5.11 Å². The van der Waals surface area contributed by atoms with Crippen molar-refractivity contribution in [3.8, 4) is 0 Å². The van der Waals surface area contributed by atoms with Gasteiger partial charge >= 0.3 is 5.97 Å². The summed E-state index contributed by atoms with van der Waals surface area (Å²) in [4.78, 5) is 33.7. The molecule has 0 aliphatic carbocycles. The average molecular weight is 406 g/mol. The van der Waals surface area contributed by atoms with Crippen molar-refractivity contribution in [2.45, 2.75) is 32.0 Å². The summed E-state index contributed by atoms with van der Waals surface area (Å²) in [7, 11) is 1.77. The van der Waals surface area contributed by atoms with Gasteiger partial charge < -0.3 is 10.0 Å². The predicted octanol–water partition coefficient (Wildman–Crippen LogP) is 2.18. The van der Waals surface area contributed by atoms with Crippen molar-refractivity contribution in [2.75, 3.05) is 12.8 Å². The number of aliphatic carboxylic acids is 1. The van der Waals surface area contributed by atoms with E-state index in [9.17, 15) is 9.59 Å². The first-order valence-electron chi connectivity index (χ1n) is 8.17. The van der Waals surface area contributed by atoms with Crippen LogP contribution >= 0.6 is 23.1 Å². The van der Waals surface area contributed by atoms with Crippen LogP contribution in [0.1, 0.15) is 22.5 Å². The maximum absolute atomic E-state index is 12.3. The fourth-order valence-electron chi connectivity index (χ4n) is 2.64. The van der Waals surface area contributed by atoms with Crippen LogP contribution in [0.3, 0.4) is 0 Å². The molecule has 142 valence electrons. The van der Waals surface area contributed by atoms with Crippen molar-refractivity contribution in [3.63, 3.8) is 0 Å². The van der Waals surface area contributed by atoms with Crippen molar-refractivity contribution < 1.29 is 14.7 Å². The molecule has 0 aliphatic heterocycles. The van der Waals surface area contributed by atoms with Crippen molar-refractivity contribution in [3.05, 3.63) is 39.3 Å². The Balaban J connectivity index is 1.71. The quantitative estimate of drug-likeness (QED) is 0.601. The predicted molar refractivity (Wildman–Crippen MR) is 103 cm³/mol. The highest BCUT2D eigenvalue weighted by Crippen LogP contribution is 2.19. The second-order valence-electron chi connectivity index (χ2n) is 6.11. The zero-order valence-corrected chi connectivity index (χ0v) is 16.8. The smallest absolute Gasteiger partial charge is 0.307 e. The number of aryl methyl sites for hydroxylation is 2. The number of amides is 1. The molecule has 0 atom stereocenters. The van der Waals surface area contributed by atoms with Gasteiger partial charge in [0, 0.05) is 30.5 Å². The van der Waals surface area contributed by atoms with Gasteiger partial charge in [-0.2, -0.15) is 16.3 Å². The lowest BCUT2D eigenvalue weighted by Gasteiger charge is -2.15. The summed E-state index contributed by atoms with van der Waals surface area (Å²) >= 11 is 2.84. The molecule has 0 spiro atoms. The monoisotopic (exact) mass is 405 g/mol. The van der Waals surface area contributed by atoms with Crippen LogP contribution in [-0.2, 0) is 22.6 Å². The Bertz CT molecular complexity index is 984. The maximum atomic E-state index is 12.3. The molecular formula is C17H19N5O3S2. The van der Waals surface area contributed by atoms with E-state index in [0.717, 1.165) is 5.56 Å². The van der Waals surface area contributed by atoms with Gasteiger partial charge in [0.15, 0.2) is 0 Å². The van der Waals surface area contributed by atoms with Gasteiger partial charge in [0.1, 0.15) is 0 Å². The van der Waals surface area contributed by atoms with E-state index in [2.05, 4.69) is 15.1 Å². The molecule has 0 radical (unpaired) electrons. The number of carboxylic acids is 1. The summed E-state index contributed by atoms with van der Waals surface area (Å²) in [6.45, 7) is 4.12. The summed E-state index contributed by atoms with van der Waals surface area (Å²) in [5, 5.41) is 17.9. The molecule has 3 aromatic heterocycles. The number of thioether (sulfide) groups is 1. The molecule has 27 heavy (non-hydrogen) atoms. The van der Waals surface area contributed by atoms with E-state index in [1.54, 1.807) is 37.1 Å². The third kappa shape index (κ3) is 4.45. The molecule has 1 amide bonds. The molecule has 0 aliphatic rings. The Morgan fingerprint density at radius 3 is 2.78 bits per heavy atom. The number of carbonyl (C=O) groups excluding carboxylic acids is 1. The lowest BCUT2D eigenvalue weighted by molar-refractivity contribution is -0.136. The normalized spacial score (nSPS) is 11.1. The fraction of sp³-hybridized carbons (Fsp3) is 0.353. The number of carboxylic acid groups (broad SMARTS) is 1. The first-order valence-corrected chi connectivity index (χ1v) is 10.1. The molecule has 0 unspecified atom stereocenters. The first kappa shape index (κ1) is 19.3. The minimum absolute atomic E-state index is 0.0162. The summed E-state index contributed by atoms with van der Waals surface area (Å²) in [5.41, 5.74) is 3.05. The molecule has 3 rings (SSSR count). The molecule has 0 fully saturated rings. The highest BCUT2D eigenvalue weighted by Gasteiger charge is 2.17. The van der Waals surface area contributed by atoms with Crippen LogP contribution in [0.15, 0.2) is 22.0 Å². The van der Waals surface area contributed by atoms with Gasteiger partial charge in [-0.3, -0.25) is 9.59 Å². The third-order valence-corrected chi connectivity index (χ3v) is 5.66. The number of hydrogen-bond acceptors (Lipinski definition) is 7. The molecule has 10 heteroatoms. The molecule has 1 N–H and O–H groups in total. The minimum atomic E-state index is -0.920. The molecule has 0 bridgehead atoms. The van der Waals surface area contributed by atoms with E-state index in [-0.39, 0.29) is 18.1 Å². The fourth-order valence-corrected chi connectivity index (χ4v) is 4.06. The third-order valence-electron chi connectivity index (χ3n) is 4.11. The zero-order chi connectivity index (χ0) is 19.6. The van der Waals surface area contributed by atoms with Gasteiger partial charge in [0.2, 0.25) is 11.1 Å². The summed E-state index contributed by atoms with van der Waals surface area (Å²) in [5.74, 6) is -0.313. The molecule has 3 heterocycles. The maximum Gasteiger partial charge on any atom is 0.307 e. The topological polar surface area (TPSA) is 101 Å². The lowest BCUT2D eigenvalue weighted by atomic mass is 10.1. The minimum Gasteiger partial charge on any atom is -0.481 e. The number of rotatable bonds is 7. The van der Waals surface area contributed by atoms with Crippen LogP contribution in [0.2, 0.25) is 0 Å². The van der Waals surface area contributed by atoms with Crippen molar-refractivity contribution in [1.82, 2.24) is 24.5 Å². The molecule has 0 saturated heterocycles. The lowest BCUT2D eigenvalue weighted by Crippen LogP contribution is -2.27. The number of thiophene rings is 1. The molecular weight excluding hydrogens is 386 g/mol. The summed E-state index contributed by atoms with van der Waals surface area (Å²) in [6.07, 6.45) is -0.116. The van der Waals surface area contributed by atoms with Gasteiger partial charge in [0.25, 0.3) is 5.78 Å². The Labute approximate surface area is 164 Å². The SMILES string of the molecule is Cc1nc2nc(SCC(=O)N(C)Cc3ccsc3)nn2c(C)c1CC(=O)O. The van der Waals surface area contributed by atoms with Crippen LogP contribution in [0.25, 0.3) is 5.78 Å². The second-order valence-corrected chi connectivity index (χ2v) is 7.83. The van der Waals surface area contributed by atoms with Crippen LogP contribution in [0.5, 0.6) is 0 Å². The van der Waals surface area contributed by atoms with E-state index < -0.39 is 5.97 Å². The standard InChI is InChI=1S/C17H19N5O3S2/c1-10-13(6-15(24)25)11(2)22-16(18-10)19-17(20-22)27-9-14(23)21(3)7-12-4-5-26-8-12/h4-5,8H,6-7,9H2,1-3H3,(H,24,25). The average Bonchev–Trinajstić information content (AvgIpc) is 3.25. The summed E-state index contributed by atoms with van der Waals surface area (Å²) in [6, 6.07) is 2.00. The highest BCUT2D eigenvalue weighted by molar-refractivity contribution is 7.99. The summed E-state index contributed by atoms with van der Waals surface area (Å²) < 4.78 is 1.53.